The van der Waals surface area contributed by atoms with Crippen LogP contribution in [0.1, 0.15) is 66.2 Å². The van der Waals surface area contributed by atoms with Gasteiger partial charge in [0.25, 0.3) is 5.56 Å². The smallest absolute Gasteiger partial charge is 0.333 e. The van der Waals surface area contributed by atoms with E-state index in [4.69, 9.17) is 17.3 Å². The Morgan fingerprint density at radius 2 is 1.88 bits per heavy atom. The molecule has 212 valence electrons. The number of nitrogens with zero attached hydrogens (tertiary/aromatic N) is 1. The van der Waals surface area contributed by atoms with Gasteiger partial charge in [-0.1, -0.05) is 29.8 Å². The number of primary amides is 1. The summed E-state index contributed by atoms with van der Waals surface area (Å²) in [4.78, 5) is 45.2. The number of amides is 1. The number of aromatic nitrogens is 3. The van der Waals surface area contributed by atoms with E-state index in [0.29, 0.717) is 52.9 Å². The van der Waals surface area contributed by atoms with Crippen LogP contribution in [0.4, 0.5) is 4.39 Å². The monoisotopic (exact) mass is 576 g/mol. The van der Waals surface area contributed by atoms with Crippen molar-refractivity contribution in [1.29, 1.82) is 0 Å². The zero-order valence-electron chi connectivity index (χ0n) is 22.9. The number of hydrogen-bond donors (Lipinski definition) is 4. The molecule has 0 fully saturated rings. The Morgan fingerprint density at radius 1 is 1.15 bits per heavy atom. The largest absolute Gasteiger partial charge is 0.390 e. The number of allylic oxidation sites excluding steroid dienone is 1. The average molecular weight is 577 g/mol. The number of aromatic amines is 2. The maximum Gasteiger partial charge on any atom is 0.333 e. The second-order valence-electron chi connectivity index (χ2n) is 11.6. The molecule has 0 spiro atoms. The minimum atomic E-state index is -0.897. The van der Waals surface area contributed by atoms with Gasteiger partial charge in [0.2, 0.25) is 5.91 Å². The molecule has 8 nitrogen and oxygen atoms in total. The van der Waals surface area contributed by atoms with E-state index >= 15 is 4.39 Å². The van der Waals surface area contributed by atoms with Gasteiger partial charge in [0.15, 0.2) is 0 Å². The van der Waals surface area contributed by atoms with Gasteiger partial charge in [0, 0.05) is 28.9 Å². The van der Waals surface area contributed by atoms with Crippen LogP contribution in [0.2, 0.25) is 5.02 Å². The number of nitrogens with one attached hydrogen (secondary N) is 2. The van der Waals surface area contributed by atoms with Crippen LogP contribution in [-0.2, 0) is 17.6 Å². The fourth-order valence-electron chi connectivity index (χ4n) is 6.48. The summed E-state index contributed by atoms with van der Waals surface area (Å²) in [6.07, 6.45) is 1.63. The summed E-state index contributed by atoms with van der Waals surface area (Å²) < 4.78 is 17.2. The van der Waals surface area contributed by atoms with E-state index in [1.807, 2.05) is 0 Å². The summed E-state index contributed by atoms with van der Waals surface area (Å²) in [5, 5.41) is 11.2. The first-order valence-corrected chi connectivity index (χ1v) is 13.9. The topological polar surface area (TPSA) is 134 Å². The third-order valence-electron chi connectivity index (χ3n) is 8.71. The van der Waals surface area contributed by atoms with Gasteiger partial charge in [0.1, 0.15) is 5.83 Å². The van der Waals surface area contributed by atoms with Gasteiger partial charge < -0.3 is 20.8 Å². The van der Waals surface area contributed by atoms with Crippen molar-refractivity contribution in [3.63, 3.8) is 0 Å². The van der Waals surface area contributed by atoms with E-state index < -0.39 is 34.5 Å². The maximum absolute atomic E-state index is 16.1. The zero-order chi connectivity index (χ0) is 29.4. The summed E-state index contributed by atoms with van der Waals surface area (Å²) in [6.45, 7) is 5.30. The number of carbonyl (C=O) groups excluding carboxylic acids is 1. The van der Waals surface area contributed by atoms with Crippen molar-refractivity contribution >= 4 is 34.0 Å². The lowest BCUT2D eigenvalue weighted by molar-refractivity contribution is -0.119. The maximum atomic E-state index is 16.1. The van der Waals surface area contributed by atoms with Gasteiger partial charge >= 0.3 is 5.69 Å². The predicted molar refractivity (Wildman–Crippen MR) is 156 cm³/mol. The van der Waals surface area contributed by atoms with Crippen molar-refractivity contribution in [2.45, 2.75) is 58.0 Å². The molecule has 5 N–H and O–H groups in total. The Hall–Kier alpha value is -3.95. The highest BCUT2D eigenvalue weighted by Crippen LogP contribution is 2.48. The summed E-state index contributed by atoms with van der Waals surface area (Å²) in [5.74, 6) is -1.99. The van der Waals surface area contributed by atoms with Crippen LogP contribution in [0.3, 0.4) is 0 Å². The lowest BCUT2D eigenvalue weighted by atomic mass is 9.75. The number of fused-ring (bicyclic) bond motifs is 4. The van der Waals surface area contributed by atoms with Crippen molar-refractivity contribution in [3.8, 4) is 5.69 Å². The van der Waals surface area contributed by atoms with E-state index in [2.05, 4.69) is 9.97 Å². The molecule has 2 unspecified atom stereocenters. The van der Waals surface area contributed by atoms with Crippen molar-refractivity contribution in [2.24, 2.45) is 11.7 Å². The second kappa shape index (κ2) is 9.56. The lowest BCUT2D eigenvalue weighted by Gasteiger charge is -2.33. The highest BCUT2D eigenvalue weighted by molar-refractivity contribution is 6.34. The number of hydrogen-bond acceptors (Lipinski definition) is 4. The summed E-state index contributed by atoms with van der Waals surface area (Å²) in [6, 6.07) is 9.87. The van der Waals surface area contributed by atoms with Crippen LogP contribution in [0, 0.1) is 12.8 Å². The molecule has 1 amide bonds. The van der Waals surface area contributed by atoms with Crippen molar-refractivity contribution in [1.82, 2.24) is 14.5 Å². The summed E-state index contributed by atoms with van der Waals surface area (Å²) in [5.41, 5.74) is 8.46. The molecular formula is C31H30ClFN4O4. The number of rotatable bonds is 4. The first-order valence-electron chi connectivity index (χ1n) is 13.6. The van der Waals surface area contributed by atoms with Crippen LogP contribution in [-0.4, -0.2) is 31.1 Å². The molecule has 0 aliphatic heterocycles. The molecule has 2 aliphatic carbocycles. The van der Waals surface area contributed by atoms with E-state index in [9.17, 15) is 19.5 Å². The van der Waals surface area contributed by atoms with Crippen LogP contribution >= 0.6 is 11.6 Å². The lowest BCUT2D eigenvalue weighted by Crippen LogP contribution is -2.35. The fraction of sp³-hybridized carbons (Fsp3) is 0.323. The van der Waals surface area contributed by atoms with E-state index in [1.54, 1.807) is 57.2 Å². The van der Waals surface area contributed by atoms with Gasteiger partial charge in [0.05, 0.1) is 33.1 Å². The number of nitrogens with two attached hydrogens (primary N) is 1. The molecule has 41 heavy (non-hydrogen) atoms. The molecule has 2 aromatic heterocycles. The standard InChI is InChI=1S/C31H30ClFN4O4/c1-14-16(6-5-9-23(14)37-29(39)18-7-4-8-20(32)26(18)36-30(37)40)24-21(33)13-19(28(34)38)27-25(24)17-11-10-15(31(2,3)41)12-22(17)35-27/h4-9,15,19,35,41H,10-13H2,1-3H3,(H2,34,38)(H,36,40). The minimum absolute atomic E-state index is 0.00974. The average Bonchev–Trinajstić information content (AvgIpc) is 3.28. The number of para-hydroxylation sites is 1. The normalized spacial score (nSPS) is 18.9. The molecule has 4 aromatic rings. The summed E-state index contributed by atoms with van der Waals surface area (Å²) >= 11 is 6.22. The third kappa shape index (κ3) is 4.26. The molecular weight excluding hydrogens is 547 g/mol. The van der Waals surface area contributed by atoms with Crippen LogP contribution in [0.15, 0.2) is 51.8 Å². The number of aliphatic hydroxyl groups is 1. The molecule has 2 heterocycles. The molecule has 2 aromatic carbocycles. The first kappa shape index (κ1) is 27.2. The van der Waals surface area contributed by atoms with Crippen molar-refractivity contribution < 1.29 is 14.3 Å². The Labute approximate surface area is 239 Å². The van der Waals surface area contributed by atoms with E-state index in [-0.39, 0.29) is 28.3 Å². The minimum Gasteiger partial charge on any atom is -0.390 e. The molecule has 2 aliphatic rings. The molecule has 0 bridgehead atoms. The van der Waals surface area contributed by atoms with Crippen molar-refractivity contribution in [2.75, 3.05) is 0 Å². The SMILES string of the molecule is Cc1c(C2=C(F)CC(C(N)=O)c3[nH]c4c(c32)CCC(C(C)(C)O)C4)cccc1-n1c(=O)[nH]c2c(Cl)cccc2c1=O. The van der Waals surface area contributed by atoms with Crippen LogP contribution < -0.4 is 17.0 Å². The highest BCUT2D eigenvalue weighted by Gasteiger charge is 2.40. The molecule has 0 radical (unpaired) electrons. The summed E-state index contributed by atoms with van der Waals surface area (Å²) in [7, 11) is 0. The molecule has 6 rings (SSSR count). The molecule has 0 saturated carbocycles. The van der Waals surface area contributed by atoms with Gasteiger partial charge in [-0.25, -0.2) is 13.8 Å². The van der Waals surface area contributed by atoms with E-state index in [0.717, 1.165) is 15.8 Å². The Morgan fingerprint density at radius 3 is 2.59 bits per heavy atom. The van der Waals surface area contributed by atoms with E-state index in [1.165, 1.54) is 0 Å². The van der Waals surface area contributed by atoms with Crippen molar-refractivity contribution in [3.05, 3.63) is 102 Å². The van der Waals surface area contributed by atoms with Gasteiger partial charge in [-0.3, -0.25) is 9.59 Å². The molecule has 2 atom stereocenters. The Balaban J connectivity index is 1.56. The zero-order valence-corrected chi connectivity index (χ0v) is 23.7. The van der Waals surface area contributed by atoms with Gasteiger partial charge in [-0.15, -0.1) is 0 Å². The predicted octanol–water partition coefficient (Wildman–Crippen LogP) is 4.55. The Kier molecular flexibility index (Phi) is 6.35. The number of benzene rings is 2. The van der Waals surface area contributed by atoms with Crippen LogP contribution in [0.5, 0.6) is 0 Å². The third-order valence-corrected chi connectivity index (χ3v) is 9.02. The molecule has 0 saturated heterocycles. The van der Waals surface area contributed by atoms with Gasteiger partial charge in [-0.05, 0) is 80.8 Å². The fourth-order valence-corrected chi connectivity index (χ4v) is 6.71. The molecule has 10 heteroatoms. The van der Waals surface area contributed by atoms with Gasteiger partial charge in [-0.2, -0.15) is 0 Å². The number of carbonyl (C=O) groups is 1. The quantitative estimate of drug-likeness (QED) is 0.284. The number of H-pyrrole nitrogens is 2. The Bertz CT molecular complexity index is 1910. The first-order chi connectivity index (χ1) is 19.4. The number of halogens is 2. The highest BCUT2D eigenvalue weighted by atomic mass is 35.5. The second-order valence-corrected chi connectivity index (χ2v) is 12.0. The van der Waals surface area contributed by atoms with Crippen LogP contribution in [0.25, 0.3) is 22.2 Å².